The Morgan fingerprint density at radius 2 is 1.93 bits per heavy atom. The maximum absolute atomic E-state index is 13.0. The summed E-state index contributed by atoms with van der Waals surface area (Å²) in [7, 11) is 1.73. The van der Waals surface area contributed by atoms with Gasteiger partial charge in [-0.1, -0.05) is 12.1 Å². The van der Waals surface area contributed by atoms with E-state index in [1.54, 1.807) is 28.8 Å². The molecule has 8 nitrogen and oxygen atoms in total. The van der Waals surface area contributed by atoms with Crippen molar-refractivity contribution < 1.29 is 9.18 Å². The molecule has 0 radical (unpaired) electrons. The monoisotopic (exact) mass is 370 g/mol. The Morgan fingerprint density at radius 1 is 1.15 bits per heavy atom. The third kappa shape index (κ3) is 3.59. The van der Waals surface area contributed by atoms with Gasteiger partial charge in [0.25, 0.3) is 5.56 Å². The Bertz CT molecular complexity index is 1040. The lowest BCUT2D eigenvalue weighted by atomic mass is 10.2. The van der Waals surface area contributed by atoms with E-state index in [0.29, 0.717) is 43.0 Å². The summed E-state index contributed by atoms with van der Waals surface area (Å²) in [6, 6.07) is 6.17. The maximum atomic E-state index is 13.0. The number of aromatic nitrogens is 4. The van der Waals surface area contributed by atoms with Crippen LogP contribution in [0.2, 0.25) is 0 Å². The smallest absolute Gasteiger partial charge is 0.262 e. The summed E-state index contributed by atoms with van der Waals surface area (Å²) < 4.78 is 14.6. The largest absolute Gasteiger partial charge is 0.336 e. The summed E-state index contributed by atoms with van der Waals surface area (Å²) in [5.41, 5.74) is 1.19. The van der Waals surface area contributed by atoms with E-state index in [2.05, 4.69) is 15.1 Å². The van der Waals surface area contributed by atoms with Gasteiger partial charge in [-0.2, -0.15) is 5.10 Å². The van der Waals surface area contributed by atoms with Crippen molar-refractivity contribution in [3.8, 4) is 0 Å². The number of carbonyl (C=O) groups excluding carboxylic acids is 1. The van der Waals surface area contributed by atoms with Crippen molar-refractivity contribution in [1.82, 2.24) is 29.5 Å². The molecular weight excluding hydrogens is 351 g/mol. The number of hydrogen-bond donors (Lipinski definition) is 1. The fraction of sp³-hybridized carbons (Fsp3) is 0.333. The van der Waals surface area contributed by atoms with Gasteiger partial charge in [-0.15, -0.1) is 0 Å². The molecule has 0 aliphatic carbocycles. The molecule has 4 rings (SSSR count). The van der Waals surface area contributed by atoms with E-state index in [9.17, 15) is 14.0 Å². The third-order valence-corrected chi connectivity index (χ3v) is 4.71. The summed E-state index contributed by atoms with van der Waals surface area (Å²) in [4.78, 5) is 35.5. The lowest BCUT2D eigenvalue weighted by Gasteiger charge is -2.34. The van der Waals surface area contributed by atoms with Crippen molar-refractivity contribution >= 4 is 16.9 Å². The number of piperazine rings is 1. The van der Waals surface area contributed by atoms with Gasteiger partial charge in [-0.25, -0.2) is 9.37 Å². The number of nitrogens with one attached hydrogen (secondary N) is 1. The van der Waals surface area contributed by atoms with Gasteiger partial charge in [-0.05, 0) is 17.7 Å². The van der Waals surface area contributed by atoms with Crippen LogP contribution in [-0.2, 0) is 24.9 Å². The summed E-state index contributed by atoms with van der Waals surface area (Å²) in [6.07, 6.45) is 1.49. The van der Waals surface area contributed by atoms with E-state index in [1.165, 1.54) is 18.3 Å². The van der Waals surface area contributed by atoms with Crippen LogP contribution in [0.4, 0.5) is 4.39 Å². The number of hydrogen-bond acceptors (Lipinski definition) is 5. The van der Waals surface area contributed by atoms with Gasteiger partial charge in [0.05, 0.1) is 19.3 Å². The van der Waals surface area contributed by atoms with Gasteiger partial charge in [0.1, 0.15) is 17.0 Å². The molecule has 1 saturated heterocycles. The summed E-state index contributed by atoms with van der Waals surface area (Å²) in [6.45, 7) is 2.32. The standard InChI is InChI=1S/C18H19FN6O2/c1-23-17-14(8-20-23)18(27)22-15(21-17)10-24-6-7-25(16(26)11-24)9-12-2-4-13(19)5-3-12/h2-5,8H,6-7,9-11H2,1H3,(H,21,22,27). The molecular formula is C18H19FN6O2. The maximum Gasteiger partial charge on any atom is 0.262 e. The van der Waals surface area contributed by atoms with Crippen LogP contribution in [0, 0.1) is 5.82 Å². The molecule has 9 heteroatoms. The van der Waals surface area contributed by atoms with Crippen LogP contribution in [0.5, 0.6) is 0 Å². The zero-order valence-corrected chi connectivity index (χ0v) is 14.9. The first-order valence-electron chi connectivity index (χ1n) is 8.65. The second kappa shape index (κ2) is 6.92. The first kappa shape index (κ1) is 17.3. The highest BCUT2D eigenvalue weighted by Crippen LogP contribution is 2.12. The molecule has 27 heavy (non-hydrogen) atoms. The minimum absolute atomic E-state index is 0.00506. The molecule has 3 heterocycles. The van der Waals surface area contributed by atoms with Crippen LogP contribution in [0.25, 0.3) is 11.0 Å². The van der Waals surface area contributed by atoms with Crippen molar-refractivity contribution in [2.45, 2.75) is 13.1 Å². The Labute approximate surface area is 154 Å². The lowest BCUT2D eigenvalue weighted by Crippen LogP contribution is -2.49. The number of rotatable bonds is 4. The van der Waals surface area contributed by atoms with E-state index in [4.69, 9.17) is 0 Å². The number of aryl methyl sites for hydroxylation is 1. The molecule has 0 saturated carbocycles. The Balaban J connectivity index is 1.42. The van der Waals surface area contributed by atoms with Crippen LogP contribution in [0.15, 0.2) is 35.3 Å². The van der Waals surface area contributed by atoms with Gasteiger partial charge in [0.2, 0.25) is 5.91 Å². The van der Waals surface area contributed by atoms with E-state index < -0.39 is 0 Å². The van der Waals surface area contributed by atoms with Gasteiger partial charge in [0, 0.05) is 26.7 Å². The second-order valence-corrected chi connectivity index (χ2v) is 6.67. The van der Waals surface area contributed by atoms with E-state index in [0.717, 1.165) is 5.56 Å². The molecule has 0 unspecified atom stereocenters. The Kier molecular flexibility index (Phi) is 4.44. The number of benzene rings is 1. The SMILES string of the molecule is Cn1ncc2c(=O)[nH]c(CN3CCN(Cc4ccc(F)cc4)C(=O)C3)nc21. The average molecular weight is 370 g/mol. The first-order chi connectivity index (χ1) is 13.0. The Hall–Kier alpha value is -3.07. The van der Waals surface area contributed by atoms with Gasteiger partial charge in [-0.3, -0.25) is 19.2 Å². The highest BCUT2D eigenvalue weighted by atomic mass is 19.1. The van der Waals surface area contributed by atoms with Crippen LogP contribution in [0.1, 0.15) is 11.4 Å². The third-order valence-electron chi connectivity index (χ3n) is 4.71. The summed E-state index contributed by atoms with van der Waals surface area (Å²) in [5.74, 6) is 0.215. The zero-order chi connectivity index (χ0) is 19.0. The number of carbonyl (C=O) groups is 1. The number of fused-ring (bicyclic) bond motifs is 1. The Morgan fingerprint density at radius 3 is 2.67 bits per heavy atom. The normalized spacial score (nSPS) is 15.6. The quantitative estimate of drug-likeness (QED) is 0.728. The molecule has 1 N–H and O–H groups in total. The molecule has 1 aliphatic rings. The van der Waals surface area contributed by atoms with Crippen molar-refractivity contribution in [3.63, 3.8) is 0 Å². The summed E-state index contributed by atoms with van der Waals surface area (Å²) >= 11 is 0. The topological polar surface area (TPSA) is 87.1 Å². The molecule has 1 amide bonds. The van der Waals surface area contributed by atoms with Crippen LogP contribution < -0.4 is 5.56 Å². The van der Waals surface area contributed by atoms with Crippen LogP contribution in [0.3, 0.4) is 0 Å². The van der Waals surface area contributed by atoms with Gasteiger partial charge >= 0.3 is 0 Å². The highest BCUT2D eigenvalue weighted by Gasteiger charge is 2.24. The van der Waals surface area contributed by atoms with Gasteiger partial charge < -0.3 is 9.88 Å². The molecule has 1 aliphatic heterocycles. The van der Waals surface area contributed by atoms with Crippen molar-refractivity contribution in [2.24, 2.45) is 7.05 Å². The van der Waals surface area contributed by atoms with Crippen LogP contribution in [-0.4, -0.2) is 55.1 Å². The number of halogens is 1. The molecule has 2 aromatic heterocycles. The summed E-state index contributed by atoms with van der Waals surface area (Å²) in [5, 5.41) is 4.49. The van der Waals surface area contributed by atoms with Crippen molar-refractivity contribution in [2.75, 3.05) is 19.6 Å². The van der Waals surface area contributed by atoms with Crippen molar-refractivity contribution in [3.05, 3.63) is 58.0 Å². The molecule has 3 aromatic rings. The molecule has 0 atom stereocenters. The average Bonchev–Trinajstić information content (AvgIpc) is 3.01. The predicted molar refractivity (Wildman–Crippen MR) is 96.2 cm³/mol. The molecule has 140 valence electrons. The molecule has 0 bridgehead atoms. The molecule has 0 spiro atoms. The van der Waals surface area contributed by atoms with E-state index >= 15 is 0 Å². The first-order valence-corrected chi connectivity index (χ1v) is 8.65. The minimum atomic E-state index is -0.290. The van der Waals surface area contributed by atoms with Gasteiger partial charge in [0.15, 0.2) is 5.65 Å². The number of H-pyrrole nitrogens is 1. The molecule has 1 fully saturated rings. The lowest BCUT2D eigenvalue weighted by molar-refractivity contribution is -0.136. The predicted octanol–water partition coefficient (Wildman–Crippen LogP) is 0.640. The second-order valence-electron chi connectivity index (χ2n) is 6.67. The highest BCUT2D eigenvalue weighted by molar-refractivity contribution is 5.79. The van der Waals surface area contributed by atoms with E-state index in [-0.39, 0.29) is 23.8 Å². The van der Waals surface area contributed by atoms with Crippen molar-refractivity contribution in [1.29, 1.82) is 0 Å². The fourth-order valence-corrected chi connectivity index (χ4v) is 3.23. The minimum Gasteiger partial charge on any atom is -0.336 e. The number of amides is 1. The van der Waals surface area contributed by atoms with Crippen LogP contribution >= 0.6 is 0 Å². The molecule has 1 aromatic carbocycles. The number of aromatic amines is 1. The van der Waals surface area contributed by atoms with E-state index in [1.807, 2.05) is 4.90 Å². The number of nitrogens with zero attached hydrogens (tertiary/aromatic N) is 5. The fourth-order valence-electron chi connectivity index (χ4n) is 3.23. The zero-order valence-electron chi connectivity index (χ0n) is 14.9.